The molecule has 0 bridgehead atoms. The van der Waals surface area contributed by atoms with Gasteiger partial charge in [0.25, 0.3) is 0 Å². The van der Waals surface area contributed by atoms with Crippen molar-refractivity contribution in [3.63, 3.8) is 0 Å². The lowest BCUT2D eigenvalue weighted by atomic mass is 9.93. The predicted molar refractivity (Wildman–Crippen MR) is 78.8 cm³/mol. The Hall–Kier alpha value is -1.55. The van der Waals surface area contributed by atoms with Crippen molar-refractivity contribution < 1.29 is 9.53 Å². The van der Waals surface area contributed by atoms with Gasteiger partial charge in [-0.25, -0.2) is 0 Å². The third kappa shape index (κ3) is 2.52. The van der Waals surface area contributed by atoms with Crippen LogP contribution in [-0.4, -0.2) is 25.1 Å². The molecule has 108 valence electrons. The molecule has 2 unspecified atom stereocenters. The van der Waals surface area contributed by atoms with E-state index in [0.29, 0.717) is 13.2 Å². The van der Waals surface area contributed by atoms with Crippen LogP contribution in [0.25, 0.3) is 0 Å². The van der Waals surface area contributed by atoms with Crippen molar-refractivity contribution in [2.24, 2.45) is 11.7 Å². The van der Waals surface area contributed by atoms with Crippen molar-refractivity contribution in [2.45, 2.75) is 38.1 Å². The van der Waals surface area contributed by atoms with E-state index in [1.165, 1.54) is 6.42 Å². The summed E-state index contributed by atoms with van der Waals surface area (Å²) in [5, 5.41) is 0. The molecule has 1 heterocycles. The van der Waals surface area contributed by atoms with E-state index in [4.69, 9.17) is 10.5 Å². The van der Waals surface area contributed by atoms with E-state index in [0.717, 1.165) is 37.1 Å². The van der Waals surface area contributed by atoms with Crippen molar-refractivity contribution in [2.75, 3.05) is 18.1 Å². The molecule has 2 aliphatic rings. The number of nitrogens with zero attached hydrogens (tertiary/aromatic N) is 1. The van der Waals surface area contributed by atoms with Crippen LogP contribution in [0.5, 0.6) is 5.75 Å². The molecule has 3 rings (SSSR count). The van der Waals surface area contributed by atoms with E-state index in [1.54, 1.807) is 0 Å². The van der Waals surface area contributed by atoms with Gasteiger partial charge in [0.05, 0.1) is 18.2 Å². The van der Waals surface area contributed by atoms with E-state index in [9.17, 15) is 4.79 Å². The zero-order valence-electron chi connectivity index (χ0n) is 11.8. The Balaban J connectivity index is 1.84. The number of carbonyl (C=O) groups excluding carboxylic acids is 1. The molecular weight excluding hydrogens is 252 g/mol. The highest BCUT2D eigenvalue weighted by Gasteiger charge is 2.33. The number of para-hydroxylation sites is 2. The molecule has 0 saturated heterocycles. The van der Waals surface area contributed by atoms with Crippen molar-refractivity contribution in [1.29, 1.82) is 0 Å². The van der Waals surface area contributed by atoms with Crippen LogP contribution in [0, 0.1) is 5.92 Å². The molecule has 1 amide bonds. The topological polar surface area (TPSA) is 55.6 Å². The minimum Gasteiger partial charge on any atom is -0.490 e. The summed E-state index contributed by atoms with van der Waals surface area (Å²) in [6.45, 7) is 1.18. The van der Waals surface area contributed by atoms with E-state index in [2.05, 4.69) is 0 Å². The quantitative estimate of drug-likeness (QED) is 0.800. The van der Waals surface area contributed by atoms with Crippen molar-refractivity contribution in [3.8, 4) is 5.75 Å². The normalized spacial score (nSPS) is 26.4. The lowest BCUT2D eigenvalue weighted by molar-refractivity contribution is -0.123. The molecule has 1 saturated carbocycles. The molecule has 1 aromatic rings. The van der Waals surface area contributed by atoms with Gasteiger partial charge in [0.1, 0.15) is 12.4 Å². The van der Waals surface area contributed by atoms with Gasteiger partial charge in [-0.15, -0.1) is 0 Å². The standard InChI is InChI=1S/C16H22N2O2/c17-13-7-3-1-2-6-12(13)16(19)18-10-11-20-15-9-5-4-8-14(15)18/h4-5,8-9,12-13H,1-3,6-7,10-11,17H2. The lowest BCUT2D eigenvalue weighted by Crippen LogP contribution is -2.46. The van der Waals surface area contributed by atoms with Gasteiger partial charge in [-0.2, -0.15) is 0 Å². The SMILES string of the molecule is NC1CCCCCC1C(=O)N1CCOc2ccccc21. The molecule has 4 nitrogen and oxygen atoms in total. The Morgan fingerprint density at radius 2 is 2.00 bits per heavy atom. The van der Waals surface area contributed by atoms with Crippen LogP contribution in [0.15, 0.2) is 24.3 Å². The highest BCUT2D eigenvalue weighted by Crippen LogP contribution is 2.33. The zero-order valence-corrected chi connectivity index (χ0v) is 11.8. The largest absolute Gasteiger partial charge is 0.490 e. The van der Waals surface area contributed by atoms with Gasteiger partial charge in [-0.3, -0.25) is 4.79 Å². The first-order valence-electron chi connectivity index (χ1n) is 7.56. The number of fused-ring (bicyclic) bond motifs is 1. The number of rotatable bonds is 1. The molecule has 4 heteroatoms. The van der Waals surface area contributed by atoms with Crippen LogP contribution in [0.4, 0.5) is 5.69 Å². The Labute approximate surface area is 119 Å². The molecule has 0 radical (unpaired) electrons. The zero-order chi connectivity index (χ0) is 13.9. The second-order valence-electron chi connectivity index (χ2n) is 5.71. The Morgan fingerprint density at radius 3 is 2.90 bits per heavy atom. The lowest BCUT2D eigenvalue weighted by Gasteiger charge is -2.33. The van der Waals surface area contributed by atoms with Gasteiger partial charge in [0, 0.05) is 6.04 Å². The number of carbonyl (C=O) groups is 1. The van der Waals surface area contributed by atoms with Crippen LogP contribution in [-0.2, 0) is 4.79 Å². The molecule has 2 N–H and O–H groups in total. The summed E-state index contributed by atoms with van der Waals surface area (Å²) in [5.74, 6) is 0.938. The first-order valence-corrected chi connectivity index (χ1v) is 7.56. The Kier molecular flexibility index (Phi) is 3.92. The van der Waals surface area contributed by atoms with Crippen LogP contribution < -0.4 is 15.4 Å². The van der Waals surface area contributed by atoms with Gasteiger partial charge in [0.15, 0.2) is 0 Å². The summed E-state index contributed by atoms with van der Waals surface area (Å²) >= 11 is 0. The second-order valence-corrected chi connectivity index (χ2v) is 5.71. The van der Waals surface area contributed by atoms with Gasteiger partial charge in [-0.05, 0) is 25.0 Å². The third-order valence-corrected chi connectivity index (χ3v) is 4.38. The van der Waals surface area contributed by atoms with Crippen LogP contribution in [0.1, 0.15) is 32.1 Å². The average molecular weight is 274 g/mol. The van der Waals surface area contributed by atoms with E-state index in [-0.39, 0.29) is 17.9 Å². The number of benzene rings is 1. The molecule has 20 heavy (non-hydrogen) atoms. The maximum absolute atomic E-state index is 12.9. The summed E-state index contributed by atoms with van der Waals surface area (Å²) in [6.07, 6.45) is 5.32. The van der Waals surface area contributed by atoms with Gasteiger partial charge < -0.3 is 15.4 Å². The minimum atomic E-state index is -0.0383. The number of ether oxygens (including phenoxy) is 1. The molecule has 1 aliphatic heterocycles. The fourth-order valence-electron chi connectivity index (χ4n) is 3.24. The molecule has 1 aromatic carbocycles. The fourth-order valence-corrected chi connectivity index (χ4v) is 3.24. The van der Waals surface area contributed by atoms with Crippen molar-refractivity contribution in [3.05, 3.63) is 24.3 Å². The first-order chi connectivity index (χ1) is 9.77. The summed E-state index contributed by atoms with van der Waals surface area (Å²) in [6, 6.07) is 7.75. The average Bonchev–Trinajstić information content (AvgIpc) is 2.70. The molecule has 2 atom stereocenters. The number of anilines is 1. The first kappa shape index (κ1) is 13.4. The predicted octanol–water partition coefficient (Wildman–Crippen LogP) is 2.32. The summed E-state index contributed by atoms with van der Waals surface area (Å²) < 4.78 is 5.62. The van der Waals surface area contributed by atoms with Gasteiger partial charge in [0.2, 0.25) is 5.91 Å². The van der Waals surface area contributed by atoms with Crippen LogP contribution in [0.2, 0.25) is 0 Å². The summed E-state index contributed by atoms with van der Waals surface area (Å²) in [5.41, 5.74) is 7.12. The van der Waals surface area contributed by atoms with E-state index >= 15 is 0 Å². The van der Waals surface area contributed by atoms with Crippen LogP contribution >= 0.6 is 0 Å². The minimum absolute atomic E-state index is 0.00000661. The highest BCUT2D eigenvalue weighted by atomic mass is 16.5. The molecule has 1 aliphatic carbocycles. The summed E-state index contributed by atoms with van der Waals surface area (Å²) in [7, 11) is 0. The Bertz CT molecular complexity index is 489. The highest BCUT2D eigenvalue weighted by molar-refractivity contribution is 5.97. The molecular formula is C16H22N2O2. The van der Waals surface area contributed by atoms with Crippen LogP contribution in [0.3, 0.4) is 0 Å². The molecule has 1 fully saturated rings. The monoisotopic (exact) mass is 274 g/mol. The smallest absolute Gasteiger partial charge is 0.231 e. The Morgan fingerprint density at radius 1 is 1.20 bits per heavy atom. The summed E-state index contributed by atoms with van der Waals surface area (Å²) in [4.78, 5) is 14.7. The molecule has 0 spiro atoms. The van der Waals surface area contributed by atoms with Crippen molar-refractivity contribution >= 4 is 11.6 Å². The maximum atomic E-state index is 12.9. The van der Waals surface area contributed by atoms with Gasteiger partial charge >= 0.3 is 0 Å². The third-order valence-electron chi connectivity index (χ3n) is 4.38. The number of hydrogen-bond donors (Lipinski definition) is 1. The number of amides is 1. The maximum Gasteiger partial charge on any atom is 0.231 e. The van der Waals surface area contributed by atoms with Crippen molar-refractivity contribution in [1.82, 2.24) is 0 Å². The number of hydrogen-bond acceptors (Lipinski definition) is 3. The van der Waals surface area contributed by atoms with E-state index < -0.39 is 0 Å². The second kappa shape index (κ2) is 5.83. The fraction of sp³-hybridized carbons (Fsp3) is 0.562. The number of nitrogens with two attached hydrogens (primary N) is 1. The van der Waals surface area contributed by atoms with E-state index in [1.807, 2.05) is 29.2 Å². The van der Waals surface area contributed by atoms with Gasteiger partial charge in [-0.1, -0.05) is 31.4 Å². The molecule has 0 aromatic heterocycles.